The average Bonchev–Trinajstić information content (AvgIpc) is 2.51. The fourth-order valence-electron chi connectivity index (χ4n) is 1.75. The quantitative estimate of drug-likeness (QED) is 0.322. The fourth-order valence-corrected chi connectivity index (χ4v) is 3.66. The van der Waals surface area contributed by atoms with E-state index in [9.17, 15) is 29.1 Å². The van der Waals surface area contributed by atoms with E-state index >= 15 is 0 Å². The third kappa shape index (κ3) is 5.53. The molecule has 0 aromatic heterocycles. The van der Waals surface area contributed by atoms with Crippen molar-refractivity contribution < 1.29 is 43.7 Å². The second-order valence-electron chi connectivity index (χ2n) is 4.61. The van der Waals surface area contributed by atoms with Gasteiger partial charge in [-0.3, -0.25) is 4.21 Å². The van der Waals surface area contributed by atoms with Crippen LogP contribution in [0, 0.1) is 0 Å². The minimum absolute atomic E-state index is 0.179. The topological polar surface area (TPSA) is 151 Å². The van der Waals surface area contributed by atoms with Gasteiger partial charge in [-0.15, -0.1) is 0 Å². The molecular weight excluding hydrogens is 415 g/mol. The molecule has 138 valence electrons. The summed E-state index contributed by atoms with van der Waals surface area (Å²) >= 11 is 16.5. The minimum atomic E-state index is -2.03. The predicted molar refractivity (Wildman–Crippen MR) is 82.9 cm³/mol. The van der Waals surface area contributed by atoms with E-state index < -0.39 is 64.9 Å². The Kier molecular flexibility index (Phi) is 8.36. The van der Waals surface area contributed by atoms with Crippen LogP contribution >= 0.6 is 34.8 Å². The van der Waals surface area contributed by atoms with Gasteiger partial charge >= 0.3 is 11.9 Å². The number of halogens is 3. The number of ether oxygens (including phenoxy) is 2. The number of rotatable bonds is 5. The first kappa shape index (κ1) is 21.6. The molecule has 1 unspecified atom stereocenters. The normalized spacial score (nSPS) is 31.2. The van der Waals surface area contributed by atoms with Crippen LogP contribution in [0.1, 0.15) is 0 Å². The average molecular weight is 428 g/mol. The van der Waals surface area contributed by atoms with E-state index in [4.69, 9.17) is 44.6 Å². The van der Waals surface area contributed by atoms with Crippen LogP contribution in [0.15, 0.2) is 9.52 Å². The molecule has 24 heavy (non-hydrogen) atoms. The third-order valence-corrected chi connectivity index (χ3v) is 5.57. The molecule has 6 atom stereocenters. The summed E-state index contributed by atoms with van der Waals surface area (Å²) in [4.78, 5) is 21.3. The molecule has 1 heterocycles. The molecule has 1 rings (SSSR count). The Morgan fingerprint density at radius 2 is 1.67 bits per heavy atom. The molecule has 0 aromatic rings. The second-order valence-corrected chi connectivity index (χ2v) is 7.53. The van der Waals surface area contributed by atoms with Crippen LogP contribution in [0.5, 0.6) is 0 Å². The number of aliphatic hydroxyl groups is 3. The number of aliphatic carboxylic acids is 1. The first-order chi connectivity index (χ1) is 11.1. The zero-order valence-electron chi connectivity index (χ0n) is 11.7. The number of aliphatic hydroxyl groups excluding tert-OH is 3. The maximum atomic E-state index is 12.2. The van der Waals surface area contributed by atoms with Gasteiger partial charge in [-0.05, 0) is 0 Å². The minimum Gasteiger partial charge on any atom is -0.473 e. The molecule has 0 aliphatic carbocycles. The van der Waals surface area contributed by atoms with Gasteiger partial charge in [0.25, 0.3) is 0 Å². The summed E-state index contributed by atoms with van der Waals surface area (Å²) in [6.45, 7) is -0.746. The largest absolute Gasteiger partial charge is 0.473 e. The van der Waals surface area contributed by atoms with Crippen molar-refractivity contribution in [2.75, 3.05) is 12.4 Å². The lowest BCUT2D eigenvalue weighted by molar-refractivity contribution is -0.212. The van der Waals surface area contributed by atoms with Crippen molar-refractivity contribution in [1.29, 1.82) is 0 Å². The zero-order chi connectivity index (χ0) is 18.6. The van der Waals surface area contributed by atoms with E-state index in [-0.39, 0.29) is 9.52 Å². The van der Waals surface area contributed by atoms with E-state index in [0.29, 0.717) is 0 Å². The molecule has 1 aliphatic rings. The SMILES string of the molecule is O=C(O)C(=O)OC[C@H]1O[C@H](S(=O)CC(Cl)=C(Cl)Cl)[C@H](O)[C@@H](O)[C@@H]1O. The van der Waals surface area contributed by atoms with Crippen molar-refractivity contribution >= 4 is 57.5 Å². The number of carboxylic acids is 1. The van der Waals surface area contributed by atoms with Crippen LogP contribution < -0.4 is 0 Å². The Morgan fingerprint density at radius 1 is 1.08 bits per heavy atom. The number of carboxylic acid groups (broad SMARTS) is 1. The van der Waals surface area contributed by atoms with Gasteiger partial charge in [0.2, 0.25) is 0 Å². The van der Waals surface area contributed by atoms with Crippen LogP contribution in [-0.2, 0) is 29.9 Å². The molecule has 9 nitrogen and oxygen atoms in total. The van der Waals surface area contributed by atoms with Crippen molar-refractivity contribution in [2.45, 2.75) is 29.9 Å². The summed E-state index contributed by atoms with van der Waals surface area (Å²) in [5, 5.41) is 37.6. The van der Waals surface area contributed by atoms with Crippen LogP contribution in [0.3, 0.4) is 0 Å². The molecule has 0 saturated carbocycles. The van der Waals surface area contributed by atoms with Gasteiger partial charge in [0.05, 0.1) is 21.6 Å². The lowest BCUT2D eigenvalue weighted by atomic mass is 10.0. The van der Waals surface area contributed by atoms with Gasteiger partial charge in [0.1, 0.15) is 35.5 Å². The number of carbonyl (C=O) groups excluding carboxylic acids is 1. The predicted octanol–water partition coefficient (Wildman–Crippen LogP) is -0.944. The molecule has 4 N–H and O–H groups in total. The lowest BCUT2D eigenvalue weighted by Gasteiger charge is -2.39. The Morgan fingerprint density at radius 3 is 2.17 bits per heavy atom. The van der Waals surface area contributed by atoms with Gasteiger partial charge in [-0.25, -0.2) is 9.59 Å². The first-order valence-corrected chi connectivity index (χ1v) is 8.74. The summed E-state index contributed by atoms with van der Waals surface area (Å²) in [6.07, 6.45) is -6.66. The van der Waals surface area contributed by atoms with Gasteiger partial charge in [-0.2, -0.15) is 0 Å². The number of carbonyl (C=O) groups is 2. The van der Waals surface area contributed by atoms with Crippen LogP contribution in [0.4, 0.5) is 0 Å². The van der Waals surface area contributed by atoms with Crippen LogP contribution in [0.2, 0.25) is 0 Å². The van der Waals surface area contributed by atoms with Crippen molar-refractivity contribution in [3.8, 4) is 0 Å². The lowest BCUT2D eigenvalue weighted by Crippen LogP contribution is -2.60. The van der Waals surface area contributed by atoms with Gasteiger partial charge in [0.15, 0.2) is 5.44 Å². The van der Waals surface area contributed by atoms with E-state index in [1.165, 1.54) is 0 Å². The molecule has 0 spiro atoms. The molecule has 0 radical (unpaired) electrons. The number of hydrogen-bond donors (Lipinski definition) is 4. The van der Waals surface area contributed by atoms with E-state index in [1.807, 2.05) is 0 Å². The highest BCUT2D eigenvalue weighted by Crippen LogP contribution is 2.26. The maximum absolute atomic E-state index is 12.2. The Labute approximate surface area is 153 Å². The molecule has 0 bridgehead atoms. The van der Waals surface area contributed by atoms with Crippen molar-refractivity contribution in [3.05, 3.63) is 9.52 Å². The highest BCUT2D eigenvalue weighted by Gasteiger charge is 2.46. The second kappa shape index (κ2) is 9.30. The highest BCUT2D eigenvalue weighted by atomic mass is 35.5. The van der Waals surface area contributed by atoms with Crippen LogP contribution in [0.25, 0.3) is 0 Å². The van der Waals surface area contributed by atoms with Gasteiger partial charge in [-0.1, -0.05) is 34.8 Å². The van der Waals surface area contributed by atoms with E-state index in [1.54, 1.807) is 0 Å². The monoisotopic (exact) mass is 426 g/mol. The highest BCUT2D eigenvalue weighted by molar-refractivity contribution is 7.85. The molecule has 1 fully saturated rings. The number of esters is 1. The van der Waals surface area contributed by atoms with E-state index in [2.05, 4.69) is 4.74 Å². The number of hydrogen-bond acceptors (Lipinski definition) is 8. The fraction of sp³-hybridized carbons (Fsp3) is 0.636. The summed E-state index contributed by atoms with van der Waals surface area (Å²) < 4.78 is 21.3. The maximum Gasteiger partial charge on any atom is 0.417 e. The molecule has 1 saturated heterocycles. The smallest absolute Gasteiger partial charge is 0.417 e. The summed E-state index contributed by atoms with van der Waals surface area (Å²) in [6, 6.07) is 0. The molecule has 0 aromatic carbocycles. The first-order valence-electron chi connectivity index (χ1n) is 6.22. The standard InChI is InChI=1S/C11H13Cl3O9S/c12-3(8(13)14)2-24(21)11-7(17)6(16)5(15)4(23-11)1-22-10(20)9(18)19/h4-7,11,15-17H,1-2H2,(H,18,19)/t4-,5-,6+,7-,11-,24?/m1/s1. The van der Waals surface area contributed by atoms with Gasteiger partial charge < -0.3 is 29.9 Å². The molecular formula is C11H13Cl3O9S. The summed E-state index contributed by atoms with van der Waals surface area (Å²) in [7, 11) is -2.03. The molecule has 13 heteroatoms. The Balaban J connectivity index is 2.83. The van der Waals surface area contributed by atoms with E-state index in [0.717, 1.165) is 0 Å². The summed E-state index contributed by atoms with van der Waals surface area (Å²) in [5.74, 6) is -3.88. The summed E-state index contributed by atoms with van der Waals surface area (Å²) in [5.41, 5.74) is -1.52. The molecule has 0 amide bonds. The Hall–Kier alpha value is -0.460. The third-order valence-electron chi connectivity index (χ3n) is 2.95. The zero-order valence-corrected chi connectivity index (χ0v) is 14.8. The van der Waals surface area contributed by atoms with Crippen molar-refractivity contribution in [1.82, 2.24) is 0 Å². The molecule has 1 aliphatic heterocycles. The Bertz CT molecular complexity index is 551. The van der Waals surface area contributed by atoms with Crippen LogP contribution in [-0.4, -0.2) is 78.8 Å². The van der Waals surface area contributed by atoms with Gasteiger partial charge in [0, 0.05) is 0 Å². The van der Waals surface area contributed by atoms with Crippen molar-refractivity contribution in [3.63, 3.8) is 0 Å². The van der Waals surface area contributed by atoms with Crippen molar-refractivity contribution in [2.24, 2.45) is 0 Å².